The van der Waals surface area contributed by atoms with Gasteiger partial charge in [-0.3, -0.25) is 4.98 Å². The highest BCUT2D eigenvalue weighted by molar-refractivity contribution is 5.95. The normalized spacial score (nSPS) is 11.1. The van der Waals surface area contributed by atoms with Gasteiger partial charge in [0.05, 0.1) is 5.69 Å². The van der Waals surface area contributed by atoms with Gasteiger partial charge in [0.15, 0.2) is 17.5 Å². The van der Waals surface area contributed by atoms with Gasteiger partial charge in [-0.1, -0.05) is 170 Å². The molecule has 0 saturated carbocycles. The summed E-state index contributed by atoms with van der Waals surface area (Å²) in [7, 11) is 0. The van der Waals surface area contributed by atoms with E-state index in [4.69, 9.17) is 19.9 Å². The third-order valence-corrected chi connectivity index (χ3v) is 10.5. The van der Waals surface area contributed by atoms with Crippen LogP contribution in [0.15, 0.2) is 219 Å². The van der Waals surface area contributed by atoms with Gasteiger partial charge in [-0.05, 0) is 92.4 Å². The van der Waals surface area contributed by atoms with Crippen LogP contribution in [0.3, 0.4) is 0 Å². The lowest BCUT2D eigenvalue weighted by Crippen LogP contribution is -2.00. The first-order chi connectivity index (χ1) is 28.7. The minimum Gasteiger partial charge on any atom is -0.256 e. The highest BCUT2D eigenvalue weighted by Gasteiger charge is 2.16. The highest BCUT2D eigenvalue weighted by atomic mass is 15.0. The van der Waals surface area contributed by atoms with Gasteiger partial charge in [-0.25, -0.2) is 15.0 Å². The molecule has 0 aliphatic rings. The van der Waals surface area contributed by atoms with Gasteiger partial charge >= 0.3 is 0 Å². The van der Waals surface area contributed by atoms with Crippen LogP contribution in [0.25, 0.3) is 101 Å². The van der Waals surface area contributed by atoms with E-state index in [9.17, 15) is 0 Å². The summed E-state index contributed by atoms with van der Waals surface area (Å²) in [6.45, 7) is 0. The maximum Gasteiger partial charge on any atom is 0.164 e. The monoisotopic (exact) mass is 740 g/mol. The van der Waals surface area contributed by atoms with Crippen molar-refractivity contribution in [2.24, 2.45) is 0 Å². The SMILES string of the molecule is c1ccc(-c2cc(-c3ccccc3)cc(-c3cccc(-c4nc(-c5cccc(-c6ccccc6)c5)nc(-c5cccc(-c6nccc7ccccc67)c5)n4)c3)c2)cc1. The van der Waals surface area contributed by atoms with Gasteiger partial charge in [-0.2, -0.15) is 0 Å². The lowest BCUT2D eigenvalue weighted by molar-refractivity contribution is 1.07. The maximum atomic E-state index is 5.20. The van der Waals surface area contributed by atoms with Crippen LogP contribution in [0.4, 0.5) is 0 Å². The average molecular weight is 741 g/mol. The molecule has 0 saturated heterocycles. The van der Waals surface area contributed by atoms with E-state index in [-0.39, 0.29) is 0 Å². The Labute approximate surface area is 337 Å². The number of fused-ring (bicyclic) bond motifs is 1. The summed E-state index contributed by atoms with van der Waals surface area (Å²) in [5.74, 6) is 1.80. The number of nitrogens with zero attached hydrogens (tertiary/aromatic N) is 4. The van der Waals surface area contributed by atoms with Crippen LogP contribution < -0.4 is 0 Å². The Hall–Kier alpha value is -7.82. The number of benzene rings is 8. The molecule has 0 aliphatic heterocycles. The first-order valence-electron chi connectivity index (χ1n) is 19.5. The van der Waals surface area contributed by atoms with Crippen LogP contribution in [-0.4, -0.2) is 19.9 Å². The second-order valence-electron chi connectivity index (χ2n) is 14.3. The molecule has 0 N–H and O–H groups in total. The summed E-state index contributed by atoms with van der Waals surface area (Å²) in [4.78, 5) is 20.4. The molecule has 2 aromatic heterocycles. The predicted octanol–water partition coefficient (Wildman–Crippen LogP) is 13.8. The van der Waals surface area contributed by atoms with Gasteiger partial charge in [0.1, 0.15) is 0 Å². The molecule has 0 bridgehead atoms. The standard InChI is InChI=1S/C54H36N4/c1-4-15-37(16-5-1)41-22-12-25-44(31-41)52-56-53(58-54(57-52)46-27-14-24-43(33-46)51-50-28-11-10-21-40(50)29-30-55-51)45-26-13-23-42(32-45)49-35-47(38-17-6-2-7-18-38)34-48(36-49)39-19-8-3-9-20-39/h1-36H. The predicted molar refractivity (Wildman–Crippen MR) is 239 cm³/mol. The lowest BCUT2D eigenvalue weighted by Gasteiger charge is -2.13. The van der Waals surface area contributed by atoms with Crippen molar-refractivity contribution < 1.29 is 0 Å². The Kier molecular flexibility index (Phi) is 9.18. The van der Waals surface area contributed by atoms with Crippen molar-refractivity contribution in [1.82, 2.24) is 19.9 Å². The molecule has 0 atom stereocenters. The van der Waals surface area contributed by atoms with E-state index in [2.05, 4.69) is 200 Å². The van der Waals surface area contributed by atoms with Gasteiger partial charge in [-0.15, -0.1) is 0 Å². The number of rotatable bonds is 8. The average Bonchev–Trinajstić information content (AvgIpc) is 3.32. The molecule has 8 aromatic carbocycles. The number of pyridine rings is 1. The van der Waals surface area contributed by atoms with Crippen LogP contribution in [0.1, 0.15) is 0 Å². The van der Waals surface area contributed by atoms with Crippen molar-refractivity contribution in [3.63, 3.8) is 0 Å². The Morgan fingerprint density at radius 3 is 1.10 bits per heavy atom. The van der Waals surface area contributed by atoms with Gasteiger partial charge in [0.25, 0.3) is 0 Å². The molecule has 272 valence electrons. The first-order valence-corrected chi connectivity index (χ1v) is 19.5. The zero-order valence-corrected chi connectivity index (χ0v) is 31.6. The molecule has 58 heavy (non-hydrogen) atoms. The quantitative estimate of drug-likeness (QED) is 0.156. The highest BCUT2D eigenvalue weighted by Crippen LogP contribution is 2.36. The third kappa shape index (κ3) is 7.07. The van der Waals surface area contributed by atoms with Crippen LogP contribution in [0.5, 0.6) is 0 Å². The second kappa shape index (κ2) is 15.4. The number of hydrogen-bond acceptors (Lipinski definition) is 4. The number of aromatic nitrogens is 4. The van der Waals surface area contributed by atoms with Gasteiger partial charge in [0, 0.05) is 33.8 Å². The Morgan fingerprint density at radius 1 is 0.241 bits per heavy atom. The zero-order valence-electron chi connectivity index (χ0n) is 31.6. The molecular formula is C54H36N4. The van der Waals surface area contributed by atoms with E-state index in [1.807, 2.05) is 18.3 Å². The molecule has 0 unspecified atom stereocenters. The third-order valence-electron chi connectivity index (χ3n) is 10.5. The molecule has 2 heterocycles. The summed E-state index contributed by atoms with van der Waals surface area (Å²) in [5, 5.41) is 2.24. The van der Waals surface area contributed by atoms with Crippen molar-refractivity contribution in [2.45, 2.75) is 0 Å². The molecule has 4 nitrogen and oxygen atoms in total. The summed E-state index contributed by atoms with van der Waals surface area (Å²) in [6, 6.07) is 74.0. The van der Waals surface area contributed by atoms with Crippen molar-refractivity contribution in [2.75, 3.05) is 0 Å². The van der Waals surface area contributed by atoms with Crippen LogP contribution >= 0.6 is 0 Å². The minimum absolute atomic E-state index is 0.593. The van der Waals surface area contributed by atoms with E-state index >= 15 is 0 Å². The van der Waals surface area contributed by atoms with E-state index in [0.29, 0.717) is 17.5 Å². The van der Waals surface area contributed by atoms with Crippen LogP contribution in [0, 0.1) is 0 Å². The fourth-order valence-electron chi connectivity index (χ4n) is 7.61. The first kappa shape index (κ1) is 34.7. The summed E-state index contributed by atoms with van der Waals surface area (Å²) in [5.41, 5.74) is 13.7. The fraction of sp³-hybridized carbons (Fsp3) is 0. The Morgan fingerprint density at radius 2 is 0.586 bits per heavy atom. The molecule has 10 aromatic rings. The lowest BCUT2D eigenvalue weighted by atomic mass is 9.93. The van der Waals surface area contributed by atoms with Crippen molar-refractivity contribution in [1.29, 1.82) is 0 Å². The van der Waals surface area contributed by atoms with Gasteiger partial charge in [0.2, 0.25) is 0 Å². The number of hydrogen-bond donors (Lipinski definition) is 0. The van der Waals surface area contributed by atoms with E-state index in [0.717, 1.165) is 72.1 Å². The second-order valence-corrected chi connectivity index (χ2v) is 14.3. The molecule has 0 amide bonds. The molecule has 10 rings (SSSR count). The smallest absolute Gasteiger partial charge is 0.164 e. The van der Waals surface area contributed by atoms with Crippen LogP contribution in [0.2, 0.25) is 0 Å². The molecule has 0 aliphatic carbocycles. The van der Waals surface area contributed by atoms with Crippen molar-refractivity contribution in [3.8, 4) is 89.9 Å². The summed E-state index contributed by atoms with van der Waals surface area (Å²) in [6.07, 6.45) is 1.87. The zero-order chi connectivity index (χ0) is 38.7. The largest absolute Gasteiger partial charge is 0.256 e. The molecule has 4 heteroatoms. The fourth-order valence-corrected chi connectivity index (χ4v) is 7.61. The molecule has 0 fully saturated rings. The van der Waals surface area contributed by atoms with Crippen molar-refractivity contribution >= 4 is 10.8 Å². The molecule has 0 spiro atoms. The van der Waals surface area contributed by atoms with E-state index in [1.165, 1.54) is 11.1 Å². The summed E-state index contributed by atoms with van der Waals surface area (Å²) < 4.78 is 0. The van der Waals surface area contributed by atoms with Crippen LogP contribution in [-0.2, 0) is 0 Å². The van der Waals surface area contributed by atoms with Gasteiger partial charge < -0.3 is 0 Å². The topological polar surface area (TPSA) is 51.6 Å². The molecule has 0 radical (unpaired) electrons. The van der Waals surface area contributed by atoms with Crippen molar-refractivity contribution in [3.05, 3.63) is 219 Å². The maximum absolute atomic E-state index is 5.20. The molecular weight excluding hydrogens is 705 g/mol. The Bertz CT molecular complexity index is 2990. The minimum atomic E-state index is 0.593. The summed E-state index contributed by atoms with van der Waals surface area (Å²) >= 11 is 0. The van der Waals surface area contributed by atoms with E-state index in [1.54, 1.807) is 0 Å². The Balaban J connectivity index is 1.12. The van der Waals surface area contributed by atoms with E-state index < -0.39 is 0 Å².